The van der Waals surface area contributed by atoms with Crippen molar-refractivity contribution < 1.29 is 15.0 Å². The third-order valence-corrected chi connectivity index (χ3v) is 3.36. The van der Waals surface area contributed by atoms with Crippen molar-refractivity contribution >= 4 is 28.1 Å². The summed E-state index contributed by atoms with van der Waals surface area (Å²) in [5.74, 6) is -0.266. The van der Waals surface area contributed by atoms with E-state index in [1.165, 1.54) is 25.1 Å². The van der Waals surface area contributed by atoms with Gasteiger partial charge in [0.2, 0.25) is 0 Å². The number of aromatic hydroxyl groups is 2. The highest BCUT2D eigenvalue weighted by atomic mass is 16.3. The second-order valence-corrected chi connectivity index (χ2v) is 4.96. The summed E-state index contributed by atoms with van der Waals surface area (Å²) in [5.41, 5.74) is 1.62. The number of carbonyl (C=O) groups excluding carboxylic acids is 1. The molecule has 2 aromatic carbocycles. The summed E-state index contributed by atoms with van der Waals surface area (Å²) in [7, 11) is 0. The van der Waals surface area contributed by atoms with Crippen LogP contribution in [0.4, 0.5) is 11.4 Å². The summed E-state index contributed by atoms with van der Waals surface area (Å²) < 4.78 is 0. The van der Waals surface area contributed by atoms with Crippen molar-refractivity contribution in [1.29, 1.82) is 0 Å². The number of carbonyl (C=O) groups is 1. The van der Waals surface area contributed by atoms with E-state index < -0.39 is 0 Å². The average Bonchev–Trinajstić information content (AvgIpc) is 2.55. The van der Waals surface area contributed by atoms with Crippen LogP contribution < -0.4 is 0 Å². The number of azo groups is 1. The Balaban J connectivity index is 2.03. The molecule has 6 nitrogen and oxygen atoms in total. The van der Waals surface area contributed by atoms with Crippen LogP contribution in [0.25, 0.3) is 10.9 Å². The Labute approximate surface area is 131 Å². The van der Waals surface area contributed by atoms with E-state index in [1.807, 2.05) is 0 Å². The van der Waals surface area contributed by atoms with Gasteiger partial charge in [-0.15, -0.1) is 5.11 Å². The van der Waals surface area contributed by atoms with Crippen LogP contribution in [-0.4, -0.2) is 21.0 Å². The number of hydrogen-bond donors (Lipinski definition) is 2. The molecule has 1 heterocycles. The first-order chi connectivity index (χ1) is 11.1. The quantitative estimate of drug-likeness (QED) is 0.558. The molecule has 0 aliphatic heterocycles. The van der Waals surface area contributed by atoms with Crippen LogP contribution >= 0.6 is 0 Å². The molecule has 0 unspecified atom stereocenters. The molecule has 0 atom stereocenters. The van der Waals surface area contributed by atoms with Crippen molar-refractivity contribution in [1.82, 2.24) is 4.98 Å². The fourth-order valence-electron chi connectivity index (χ4n) is 2.21. The lowest BCUT2D eigenvalue weighted by Gasteiger charge is -2.03. The van der Waals surface area contributed by atoms with Gasteiger partial charge >= 0.3 is 0 Å². The van der Waals surface area contributed by atoms with Gasteiger partial charge in [0.1, 0.15) is 17.0 Å². The molecule has 6 heteroatoms. The lowest BCUT2D eigenvalue weighted by atomic mass is 10.1. The summed E-state index contributed by atoms with van der Waals surface area (Å²) in [6.07, 6.45) is 1.59. The number of phenols is 2. The van der Waals surface area contributed by atoms with Gasteiger partial charge in [-0.3, -0.25) is 9.78 Å². The molecule has 114 valence electrons. The maximum Gasteiger partial charge on any atom is 0.163 e. The van der Waals surface area contributed by atoms with Crippen LogP contribution in [-0.2, 0) is 0 Å². The molecule has 0 saturated carbocycles. The van der Waals surface area contributed by atoms with E-state index in [0.29, 0.717) is 22.3 Å². The smallest absolute Gasteiger partial charge is 0.163 e. The molecule has 1 aromatic heterocycles. The highest BCUT2D eigenvalue weighted by Crippen LogP contribution is 2.32. The van der Waals surface area contributed by atoms with Crippen LogP contribution in [0.1, 0.15) is 17.3 Å². The number of fused-ring (bicyclic) bond motifs is 1. The van der Waals surface area contributed by atoms with E-state index in [0.717, 1.165) is 0 Å². The van der Waals surface area contributed by atoms with E-state index in [4.69, 9.17) is 0 Å². The maximum absolute atomic E-state index is 11.4. The number of aromatic nitrogens is 1. The minimum absolute atomic E-state index is 0.0723. The highest BCUT2D eigenvalue weighted by molar-refractivity contribution is 5.97. The van der Waals surface area contributed by atoms with Gasteiger partial charge < -0.3 is 10.2 Å². The zero-order valence-electron chi connectivity index (χ0n) is 12.3. The zero-order chi connectivity index (χ0) is 16.4. The fourth-order valence-corrected chi connectivity index (χ4v) is 2.21. The summed E-state index contributed by atoms with van der Waals surface area (Å²) in [6.45, 7) is 1.37. The molecule has 0 spiro atoms. The van der Waals surface area contributed by atoms with Crippen LogP contribution in [0, 0.1) is 0 Å². The van der Waals surface area contributed by atoms with Crippen molar-refractivity contribution in [2.24, 2.45) is 10.2 Å². The minimum atomic E-state index is -0.251. The predicted molar refractivity (Wildman–Crippen MR) is 85.7 cm³/mol. The Hall–Kier alpha value is -3.28. The summed E-state index contributed by atoms with van der Waals surface area (Å²) in [6, 6.07) is 11.1. The number of ketones is 1. The van der Waals surface area contributed by atoms with Crippen molar-refractivity contribution in [3.8, 4) is 11.5 Å². The number of Topliss-reactive ketones (excluding diaryl/α,β-unsaturated/α-hetero) is 1. The molecule has 0 amide bonds. The number of rotatable bonds is 3. The van der Waals surface area contributed by atoms with Gasteiger partial charge in [0.05, 0.1) is 16.9 Å². The van der Waals surface area contributed by atoms with Crippen LogP contribution in [0.3, 0.4) is 0 Å². The first kappa shape index (κ1) is 14.6. The van der Waals surface area contributed by atoms with Crippen LogP contribution in [0.2, 0.25) is 0 Å². The van der Waals surface area contributed by atoms with Gasteiger partial charge in [-0.05, 0) is 49.4 Å². The largest absolute Gasteiger partial charge is 0.507 e. The summed E-state index contributed by atoms with van der Waals surface area (Å²) in [5, 5.41) is 28.4. The Morgan fingerprint density at radius 1 is 1.04 bits per heavy atom. The molecule has 0 aliphatic carbocycles. The Morgan fingerprint density at radius 3 is 2.61 bits per heavy atom. The number of benzene rings is 2. The second-order valence-electron chi connectivity index (χ2n) is 4.96. The molecule has 23 heavy (non-hydrogen) atoms. The first-order valence-corrected chi connectivity index (χ1v) is 6.88. The standard InChI is InChI=1S/C17H13N3O3/c1-10(21)13-9-11(4-6-15(13)22)19-20-14-5-7-16(23)17-12(14)3-2-8-18-17/h2-9,22-23H,1H3. The number of phenolic OH excluding ortho intramolecular Hbond substituents is 2. The van der Waals surface area contributed by atoms with Gasteiger partial charge in [-0.2, -0.15) is 5.11 Å². The van der Waals surface area contributed by atoms with Crippen molar-refractivity contribution in [3.63, 3.8) is 0 Å². The average molecular weight is 307 g/mol. The van der Waals surface area contributed by atoms with Crippen LogP contribution in [0.15, 0.2) is 58.9 Å². The van der Waals surface area contributed by atoms with Crippen molar-refractivity contribution in [2.45, 2.75) is 6.92 Å². The monoisotopic (exact) mass is 307 g/mol. The van der Waals surface area contributed by atoms with Crippen molar-refractivity contribution in [2.75, 3.05) is 0 Å². The molecular weight excluding hydrogens is 294 g/mol. The van der Waals surface area contributed by atoms with Gasteiger partial charge in [0.25, 0.3) is 0 Å². The van der Waals surface area contributed by atoms with Crippen molar-refractivity contribution in [3.05, 3.63) is 54.2 Å². The second kappa shape index (κ2) is 5.84. The lowest BCUT2D eigenvalue weighted by molar-refractivity contribution is 0.101. The third kappa shape index (κ3) is 2.87. The molecule has 3 aromatic rings. The Bertz CT molecular complexity index is 936. The number of pyridine rings is 1. The van der Waals surface area contributed by atoms with Crippen LogP contribution in [0.5, 0.6) is 11.5 Å². The first-order valence-electron chi connectivity index (χ1n) is 6.88. The molecule has 0 fully saturated rings. The normalized spacial score (nSPS) is 11.2. The molecule has 3 rings (SSSR count). The van der Waals surface area contributed by atoms with Gasteiger partial charge in [0.15, 0.2) is 5.78 Å². The van der Waals surface area contributed by atoms with E-state index >= 15 is 0 Å². The predicted octanol–water partition coefficient (Wildman–Crippen LogP) is 4.26. The molecule has 0 bridgehead atoms. The van der Waals surface area contributed by atoms with E-state index in [-0.39, 0.29) is 22.8 Å². The van der Waals surface area contributed by atoms with E-state index in [2.05, 4.69) is 15.2 Å². The Kier molecular flexibility index (Phi) is 3.72. The molecular formula is C17H13N3O3. The number of hydrogen-bond acceptors (Lipinski definition) is 6. The SMILES string of the molecule is CC(=O)c1cc(N=Nc2ccc(O)c3ncccc23)ccc1O. The van der Waals surface area contributed by atoms with E-state index in [1.54, 1.807) is 30.5 Å². The summed E-state index contributed by atoms with van der Waals surface area (Å²) >= 11 is 0. The zero-order valence-corrected chi connectivity index (χ0v) is 12.3. The Morgan fingerprint density at radius 2 is 1.83 bits per heavy atom. The van der Waals surface area contributed by atoms with Gasteiger partial charge in [-0.25, -0.2) is 0 Å². The van der Waals surface area contributed by atoms with Gasteiger partial charge in [-0.1, -0.05) is 0 Å². The highest BCUT2D eigenvalue weighted by Gasteiger charge is 2.08. The summed E-state index contributed by atoms with van der Waals surface area (Å²) in [4.78, 5) is 15.6. The number of nitrogens with zero attached hydrogens (tertiary/aromatic N) is 3. The maximum atomic E-state index is 11.4. The topological polar surface area (TPSA) is 95.1 Å². The molecule has 0 saturated heterocycles. The fraction of sp³-hybridized carbons (Fsp3) is 0.0588. The lowest BCUT2D eigenvalue weighted by Crippen LogP contribution is -1.91. The van der Waals surface area contributed by atoms with E-state index in [9.17, 15) is 15.0 Å². The molecule has 2 N–H and O–H groups in total. The molecule has 0 radical (unpaired) electrons. The third-order valence-electron chi connectivity index (χ3n) is 3.36. The van der Waals surface area contributed by atoms with Gasteiger partial charge in [0, 0.05) is 11.6 Å². The minimum Gasteiger partial charge on any atom is -0.507 e. The molecule has 0 aliphatic rings.